The molecule has 0 saturated carbocycles. The summed E-state index contributed by atoms with van der Waals surface area (Å²) in [5.74, 6) is -1.44. The van der Waals surface area contributed by atoms with Crippen LogP contribution in [0.3, 0.4) is 0 Å². The van der Waals surface area contributed by atoms with Crippen LogP contribution in [0.2, 0.25) is 0 Å². The van der Waals surface area contributed by atoms with E-state index in [2.05, 4.69) is 20.9 Å². The summed E-state index contributed by atoms with van der Waals surface area (Å²) in [6.45, 7) is 2.57. The van der Waals surface area contributed by atoms with Crippen molar-refractivity contribution in [2.24, 2.45) is 11.8 Å². The number of nitro groups is 1. The molecule has 7 nitrogen and oxygen atoms in total. The van der Waals surface area contributed by atoms with Gasteiger partial charge in [-0.05, 0) is 21.8 Å². The molecule has 19 heavy (non-hydrogen) atoms. The Balaban J connectivity index is 2.39. The Kier molecular flexibility index (Phi) is 3.70. The van der Waals surface area contributed by atoms with Gasteiger partial charge in [0.1, 0.15) is 11.9 Å². The second-order valence-corrected chi connectivity index (χ2v) is 5.43. The van der Waals surface area contributed by atoms with Crippen LogP contribution in [-0.2, 0) is 4.79 Å². The van der Waals surface area contributed by atoms with Gasteiger partial charge in [0.2, 0.25) is 0 Å². The number of nitrogens with zero attached hydrogens (tertiary/aromatic N) is 3. The number of carboxylic acid groups (broad SMARTS) is 1. The third-order valence-corrected chi connectivity index (χ3v) is 3.88. The third kappa shape index (κ3) is 2.53. The first-order valence-corrected chi connectivity index (χ1v) is 6.46. The van der Waals surface area contributed by atoms with Crippen LogP contribution in [0, 0.1) is 22.0 Å². The van der Waals surface area contributed by atoms with Crippen LogP contribution in [0.5, 0.6) is 0 Å². The molecule has 1 saturated heterocycles. The molecule has 1 aromatic rings. The highest BCUT2D eigenvalue weighted by Crippen LogP contribution is 2.38. The van der Waals surface area contributed by atoms with Crippen LogP contribution in [-0.4, -0.2) is 34.1 Å². The monoisotopic (exact) mass is 329 g/mol. The number of halogens is 1. The van der Waals surface area contributed by atoms with Crippen LogP contribution in [0.15, 0.2) is 16.9 Å². The van der Waals surface area contributed by atoms with Crippen molar-refractivity contribution >= 4 is 33.3 Å². The molecule has 2 rings (SSSR count). The molecule has 1 N–H and O–H groups in total. The lowest BCUT2D eigenvalue weighted by Crippen LogP contribution is -2.24. The van der Waals surface area contributed by atoms with Crippen LogP contribution in [0.4, 0.5) is 11.4 Å². The fourth-order valence-electron chi connectivity index (χ4n) is 2.34. The minimum Gasteiger partial charge on any atom is -0.481 e. The Hall–Kier alpha value is -1.70. The number of rotatable bonds is 3. The van der Waals surface area contributed by atoms with Gasteiger partial charge in [-0.25, -0.2) is 0 Å². The fourth-order valence-corrected chi connectivity index (χ4v) is 2.91. The number of hydrogen-bond donors (Lipinski definition) is 1. The largest absolute Gasteiger partial charge is 0.481 e. The molecular weight excluding hydrogens is 318 g/mol. The Labute approximate surface area is 117 Å². The SMILES string of the molecule is CC1CN(c2c(Br)cncc2[N+](=O)[O-])CC1C(=O)O. The van der Waals surface area contributed by atoms with E-state index < -0.39 is 16.8 Å². The van der Waals surface area contributed by atoms with Crippen molar-refractivity contribution in [3.63, 3.8) is 0 Å². The number of pyridine rings is 1. The fraction of sp³-hybridized carbons (Fsp3) is 0.455. The van der Waals surface area contributed by atoms with Gasteiger partial charge in [0.05, 0.1) is 15.3 Å². The minimum atomic E-state index is -0.872. The van der Waals surface area contributed by atoms with Crippen molar-refractivity contribution in [1.29, 1.82) is 0 Å². The summed E-state index contributed by atoms with van der Waals surface area (Å²) in [6.07, 6.45) is 2.65. The predicted octanol–water partition coefficient (Wildman–Crippen LogP) is 1.91. The number of carbonyl (C=O) groups is 1. The first-order chi connectivity index (χ1) is 8.91. The molecule has 0 bridgehead atoms. The highest BCUT2D eigenvalue weighted by atomic mass is 79.9. The molecule has 102 valence electrons. The van der Waals surface area contributed by atoms with E-state index in [-0.39, 0.29) is 18.2 Å². The van der Waals surface area contributed by atoms with Gasteiger partial charge in [-0.2, -0.15) is 0 Å². The van der Waals surface area contributed by atoms with E-state index in [1.165, 1.54) is 12.4 Å². The molecule has 1 fully saturated rings. The maximum atomic E-state index is 11.1. The molecule has 0 amide bonds. The van der Waals surface area contributed by atoms with Gasteiger partial charge in [0, 0.05) is 19.3 Å². The summed E-state index contributed by atoms with van der Waals surface area (Å²) in [5, 5.41) is 20.1. The minimum absolute atomic E-state index is 0.0582. The molecule has 0 aliphatic carbocycles. The Morgan fingerprint density at radius 1 is 1.58 bits per heavy atom. The van der Waals surface area contributed by atoms with Crippen LogP contribution < -0.4 is 4.90 Å². The number of hydrogen-bond acceptors (Lipinski definition) is 5. The summed E-state index contributed by atoms with van der Waals surface area (Å²) in [5.41, 5.74) is 0.281. The summed E-state index contributed by atoms with van der Waals surface area (Å²) in [6, 6.07) is 0. The quantitative estimate of drug-likeness (QED) is 0.672. The Morgan fingerprint density at radius 2 is 2.26 bits per heavy atom. The summed E-state index contributed by atoms with van der Waals surface area (Å²) in [4.78, 5) is 27.1. The van der Waals surface area contributed by atoms with Gasteiger partial charge < -0.3 is 10.0 Å². The van der Waals surface area contributed by atoms with Crippen molar-refractivity contribution in [2.45, 2.75) is 6.92 Å². The molecular formula is C11H12BrN3O4. The number of aromatic nitrogens is 1. The van der Waals surface area contributed by atoms with E-state index in [1.54, 1.807) is 4.90 Å². The average Bonchev–Trinajstić information content (AvgIpc) is 2.70. The second-order valence-electron chi connectivity index (χ2n) is 4.57. The number of aliphatic carboxylic acids is 1. The van der Waals surface area contributed by atoms with Gasteiger partial charge in [-0.15, -0.1) is 0 Å². The van der Waals surface area contributed by atoms with Gasteiger partial charge in [-0.1, -0.05) is 6.92 Å². The predicted molar refractivity (Wildman–Crippen MR) is 71.1 cm³/mol. The smallest absolute Gasteiger partial charge is 0.311 e. The van der Waals surface area contributed by atoms with E-state index in [0.717, 1.165) is 0 Å². The lowest BCUT2D eigenvalue weighted by atomic mass is 9.99. The van der Waals surface area contributed by atoms with Gasteiger partial charge >= 0.3 is 11.7 Å². The summed E-state index contributed by atoms with van der Waals surface area (Å²) in [7, 11) is 0. The van der Waals surface area contributed by atoms with E-state index >= 15 is 0 Å². The number of carboxylic acids is 1. The molecule has 0 spiro atoms. The zero-order valence-corrected chi connectivity index (χ0v) is 11.7. The van der Waals surface area contributed by atoms with Crippen LogP contribution in [0.1, 0.15) is 6.92 Å². The van der Waals surface area contributed by atoms with Crippen molar-refractivity contribution in [2.75, 3.05) is 18.0 Å². The van der Waals surface area contributed by atoms with Gasteiger partial charge in [0.15, 0.2) is 0 Å². The Bertz CT molecular complexity index is 537. The molecule has 2 unspecified atom stereocenters. The molecule has 2 heterocycles. The molecule has 8 heteroatoms. The highest BCUT2D eigenvalue weighted by molar-refractivity contribution is 9.10. The van der Waals surface area contributed by atoms with E-state index in [0.29, 0.717) is 16.7 Å². The van der Waals surface area contributed by atoms with E-state index in [1.807, 2.05) is 6.92 Å². The third-order valence-electron chi connectivity index (χ3n) is 3.30. The van der Waals surface area contributed by atoms with Crippen LogP contribution >= 0.6 is 15.9 Å². The maximum absolute atomic E-state index is 11.1. The standard InChI is InChI=1S/C11H12BrN3O4/c1-6-4-14(5-7(6)11(16)17)10-8(12)2-13-3-9(10)15(18)19/h2-3,6-7H,4-5H2,1H3,(H,16,17). The van der Waals surface area contributed by atoms with Crippen molar-refractivity contribution in [3.05, 3.63) is 27.0 Å². The first kappa shape index (κ1) is 13.7. The van der Waals surface area contributed by atoms with Gasteiger partial charge in [-0.3, -0.25) is 19.9 Å². The normalized spacial score (nSPS) is 22.5. The lowest BCUT2D eigenvalue weighted by Gasteiger charge is -2.19. The lowest BCUT2D eigenvalue weighted by molar-refractivity contribution is -0.384. The average molecular weight is 330 g/mol. The van der Waals surface area contributed by atoms with E-state index in [4.69, 9.17) is 5.11 Å². The Morgan fingerprint density at radius 3 is 2.79 bits per heavy atom. The first-order valence-electron chi connectivity index (χ1n) is 5.67. The molecule has 1 aliphatic rings. The van der Waals surface area contributed by atoms with E-state index in [9.17, 15) is 14.9 Å². The van der Waals surface area contributed by atoms with Crippen LogP contribution in [0.25, 0.3) is 0 Å². The molecule has 2 atom stereocenters. The summed E-state index contributed by atoms with van der Waals surface area (Å²) < 4.78 is 0.500. The summed E-state index contributed by atoms with van der Waals surface area (Å²) >= 11 is 3.25. The van der Waals surface area contributed by atoms with Crippen molar-refractivity contribution in [3.8, 4) is 0 Å². The van der Waals surface area contributed by atoms with Crippen molar-refractivity contribution < 1.29 is 14.8 Å². The highest BCUT2D eigenvalue weighted by Gasteiger charge is 2.37. The topological polar surface area (TPSA) is 96.6 Å². The molecule has 1 aliphatic heterocycles. The maximum Gasteiger partial charge on any atom is 0.311 e. The second kappa shape index (κ2) is 5.12. The van der Waals surface area contributed by atoms with Gasteiger partial charge in [0.25, 0.3) is 0 Å². The zero-order valence-electron chi connectivity index (χ0n) is 10.1. The zero-order chi connectivity index (χ0) is 14.2. The number of anilines is 1. The molecule has 0 radical (unpaired) electrons. The van der Waals surface area contributed by atoms with Crippen molar-refractivity contribution in [1.82, 2.24) is 4.98 Å². The molecule has 1 aromatic heterocycles. The molecule has 0 aromatic carbocycles.